The molecule has 3 aliphatic rings. The van der Waals surface area contributed by atoms with E-state index >= 15 is 0 Å². The van der Waals surface area contributed by atoms with E-state index in [2.05, 4.69) is 4.90 Å². The molecule has 17 heavy (non-hydrogen) atoms. The topological polar surface area (TPSA) is 46.3 Å². The Labute approximate surface area is 104 Å². The molecule has 0 heterocycles. The van der Waals surface area contributed by atoms with Gasteiger partial charge in [0.05, 0.1) is 5.92 Å². The second-order valence-electron chi connectivity index (χ2n) is 6.33. The van der Waals surface area contributed by atoms with Gasteiger partial charge in [0.15, 0.2) is 0 Å². The molecule has 3 rings (SSSR count). The minimum absolute atomic E-state index is 0.128. The van der Waals surface area contributed by atoms with Crippen molar-refractivity contribution >= 4 is 5.91 Å². The van der Waals surface area contributed by atoms with E-state index in [9.17, 15) is 4.79 Å². The third-order valence-corrected chi connectivity index (χ3v) is 4.55. The highest BCUT2D eigenvalue weighted by molar-refractivity contribution is 5.80. The molecule has 0 bridgehead atoms. The van der Waals surface area contributed by atoms with E-state index in [1.54, 1.807) is 0 Å². The third-order valence-electron chi connectivity index (χ3n) is 4.55. The predicted octanol–water partition coefficient (Wildman–Crippen LogP) is 1.76. The van der Waals surface area contributed by atoms with Gasteiger partial charge in [-0.1, -0.05) is 6.42 Å². The number of hydrogen-bond donors (Lipinski definition) is 1. The van der Waals surface area contributed by atoms with Gasteiger partial charge in [-0.05, 0) is 50.4 Å². The van der Waals surface area contributed by atoms with Crippen LogP contribution in [0.4, 0.5) is 0 Å². The molecule has 3 aliphatic carbocycles. The molecule has 3 fully saturated rings. The van der Waals surface area contributed by atoms with E-state index in [1.165, 1.54) is 25.7 Å². The lowest BCUT2D eigenvalue weighted by atomic mass is 10.0. The molecular formula is C14H24N2O. The molecule has 3 heteroatoms. The smallest absolute Gasteiger partial charge is 0.227 e. The number of nitrogens with two attached hydrogens (primary N) is 1. The highest BCUT2D eigenvalue weighted by Crippen LogP contribution is 2.35. The number of hydrogen-bond acceptors (Lipinski definition) is 2. The highest BCUT2D eigenvalue weighted by Gasteiger charge is 2.37. The number of carbonyl (C=O) groups is 1. The average molecular weight is 236 g/mol. The number of amides is 1. The standard InChI is InChI=1S/C14H24N2O/c15-13-3-1-2-12(13)14(17)16(8-10-4-5-10)9-11-6-7-11/h10-13H,1-9,15H2/t12-,13+/m1/s1. The molecular weight excluding hydrogens is 212 g/mol. The second kappa shape index (κ2) is 4.60. The summed E-state index contributed by atoms with van der Waals surface area (Å²) in [5, 5.41) is 0. The van der Waals surface area contributed by atoms with Crippen LogP contribution in [0.15, 0.2) is 0 Å². The first-order valence-corrected chi connectivity index (χ1v) is 7.28. The van der Waals surface area contributed by atoms with Gasteiger partial charge >= 0.3 is 0 Å². The lowest BCUT2D eigenvalue weighted by molar-refractivity contribution is -0.136. The van der Waals surface area contributed by atoms with Gasteiger partial charge in [-0.15, -0.1) is 0 Å². The van der Waals surface area contributed by atoms with E-state index in [0.29, 0.717) is 5.91 Å². The summed E-state index contributed by atoms with van der Waals surface area (Å²) in [6, 6.07) is 0.128. The van der Waals surface area contributed by atoms with Crippen molar-refractivity contribution in [2.24, 2.45) is 23.5 Å². The zero-order valence-electron chi connectivity index (χ0n) is 10.6. The molecule has 2 atom stereocenters. The predicted molar refractivity (Wildman–Crippen MR) is 67.3 cm³/mol. The van der Waals surface area contributed by atoms with Gasteiger partial charge in [-0.3, -0.25) is 4.79 Å². The molecule has 0 saturated heterocycles. The number of carbonyl (C=O) groups excluding carboxylic acids is 1. The lowest BCUT2D eigenvalue weighted by Gasteiger charge is -2.27. The van der Waals surface area contributed by atoms with Gasteiger partial charge < -0.3 is 10.6 Å². The van der Waals surface area contributed by atoms with Crippen molar-refractivity contribution in [2.45, 2.75) is 51.0 Å². The van der Waals surface area contributed by atoms with Crippen molar-refractivity contribution in [1.82, 2.24) is 4.90 Å². The van der Waals surface area contributed by atoms with Crippen LogP contribution >= 0.6 is 0 Å². The quantitative estimate of drug-likeness (QED) is 0.790. The van der Waals surface area contributed by atoms with Crippen LogP contribution in [-0.2, 0) is 4.79 Å². The van der Waals surface area contributed by atoms with E-state index in [4.69, 9.17) is 5.73 Å². The molecule has 3 nitrogen and oxygen atoms in total. The Balaban J connectivity index is 1.60. The number of rotatable bonds is 5. The van der Waals surface area contributed by atoms with Crippen molar-refractivity contribution in [3.8, 4) is 0 Å². The summed E-state index contributed by atoms with van der Waals surface area (Å²) < 4.78 is 0. The van der Waals surface area contributed by atoms with Crippen LogP contribution in [0.5, 0.6) is 0 Å². The van der Waals surface area contributed by atoms with Crippen LogP contribution in [-0.4, -0.2) is 29.9 Å². The minimum Gasteiger partial charge on any atom is -0.342 e. The zero-order valence-corrected chi connectivity index (χ0v) is 10.6. The third kappa shape index (κ3) is 2.82. The summed E-state index contributed by atoms with van der Waals surface area (Å²) in [6.07, 6.45) is 8.49. The molecule has 1 amide bonds. The first kappa shape index (κ1) is 11.5. The van der Waals surface area contributed by atoms with E-state index < -0.39 is 0 Å². The Kier molecular flexibility index (Phi) is 3.12. The van der Waals surface area contributed by atoms with Crippen LogP contribution in [0.2, 0.25) is 0 Å². The molecule has 0 aromatic heterocycles. The van der Waals surface area contributed by atoms with Gasteiger partial charge in [0.2, 0.25) is 5.91 Å². The fourth-order valence-electron chi connectivity index (χ4n) is 3.01. The molecule has 0 spiro atoms. The van der Waals surface area contributed by atoms with Crippen LogP contribution in [0.25, 0.3) is 0 Å². The van der Waals surface area contributed by atoms with Gasteiger partial charge in [0.1, 0.15) is 0 Å². The van der Waals surface area contributed by atoms with E-state index in [1.807, 2.05) is 0 Å². The van der Waals surface area contributed by atoms with Crippen molar-refractivity contribution < 1.29 is 4.79 Å². The molecule has 2 N–H and O–H groups in total. The Bertz CT molecular complexity index is 283. The summed E-state index contributed by atoms with van der Waals surface area (Å²) in [7, 11) is 0. The monoisotopic (exact) mass is 236 g/mol. The fourth-order valence-corrected chi connectivity index (χ4v) is 3.01. The first-order valence-electron chi connectivity index (χ1n) is 7.28. The summed E-state index contributed by atoms with van der Waals surface area (Å²) in [5.74, 6) is 2.10. The van der Waals surface area contributed by atoms with Crippen molar-refractivity contribution in [3.05, 3.63) is 0 Å². The fraction of sp³-hybridized carbons (Fsp3) is 0.929. The summed E-state index contributed by atoms with van der Waals surface area (Å²) in [4.78, 5) is 14.7. The maximum atomic E-state index is 12.5. The van der Waals surface area contributed by atoms with Gasteiger partial charge in [0.25, 0.3) is 0 Å². The Hall–Kier alpha value is -0.570. The highest BCUT2D eigenvalue weighted by atomic mass is 16.2. The minimum atomic E-state index is 0.128. The van der Waals surface area contributed by atoms with Gasteiger partial charge in [-0.2, -0.15) is 0 Å². The van der Waals surface area contributed by atoms with Crippen LogP contribution in [0, 0.1) is 17.8 Å². The second-order valence-corrected chi connectivity index (χ2v) is 6.33. The maximum Gasteiger partial charge on any atom is 0.227 e. The molecule has 3 saturated carbocycles. The first-order chi connectivity index (χ1) is 8.24. The molecule has 0 radical (unpaired) electrons. The van der Waals surface area contributed by atoms with Gasteiger partial charge in [-0.25, -0.2) is 0 Å². The number of nitrogens with zero attached hydrogens (tertiary/aromatic N) is 1. The average Bonchev–Trinajstić information content (AvgIpc) is 3.21. The van der Waals surface area contributed by atoms with Crippen molar-refractivity contribution in [2.75, 3.05) is 13.1 Å². The van der Waals surface area contributed by atoms with Crippen LogP contribution in [0.1, 0.15) is 44.9 Å². The normalized spacial score (nSPS) is 32.8. The molecule has 0 aliphatic heterocycles. The molecule has 0 aromatic carbocycles. The molecule has 0 aromatic rings. The molecule has 96 valence electrons. The maximum absolute atomic E-state index is 12.5. The van der Waals surface area contributed by atoms with E-state index in [-0.39, 0.29) is 12.0 Å². The lowest BCUT2D eigenvalue weighted by Crippen LogP contribution is -2.43. The summed E-state index contributed by atoms with van der Waals surface area (Å²) >= 11 is 0. The Morgan fingerprint density at radius 2 is 1.59 bits per heavy atom. The van der Waals surface area contributed by atoms with Gasteiger partial charge in [0, 0.05) is 19.1 Å². The largest absolute Gasteiger partial charge is 0.342 e. The van der Waals surface area contributed by atoms with Crippen LogP contribution in [0.3, 0.4) is 0 Å². The van der Waals surface area contributed by atoms with E-state index in [0.717, 1.165) is 44.2 Å². The SMILES string of the molecule is N[C@H]1CCC[C@H]1C(=O)N(CC1CC1)CC1CC1. The van der Waals surface area contributed by atoms with Crippen molar-refractivity contribution in [3.63, 3.8) is 0 Å². The van der Waals surface area contributed by atoms with Crippen LogP contribution < -0.4 is 5.73 Å². The summed E-state index contributed by atoms with van der Waals surface area (Å²) in [6.45, 7) is 2.02. The molecule has 0 unspecified atom stereocenters. The summed E-state index contributed by atoms with van der Waals surface area (Å²) in [5.41, 5.74) is 6.06. The Morgan fingerprint density at radius 1 is 1.00 bits per heavy atom. The Morgan fingerprint density at radius 3 is 2.00 bits per heavy atom. The zero-order chi connectivity index (χ0) is 11.8. The van der Waals surface area contributed by atoms with Crippen molar-refractivity contribution in [1.29, 1.82) is 0 Å².